The molecule has 196 valence electrons. The summed E-state index contributed by atoms with van der Waals surface area (Å²) in [5.41, 5.74) is 2.87. The summed E-state index contributed by atoms with van der Waals surface area (Å²) in [6, 6.07) is 21.5. The minimum Gasteiger partial charge on any atom is -0.487 e. The Kier molecular flexibility index (Phi) is 7.93. The highest BCUT2D eigenvalue weighted by molar-refractivity contribution is 7.92. The van der Waals surface area contributed by atoms with Gasteiger partial charge < -0.3 is 10.1 Å². The maximum Gasteiger partial charge on any atom is 0.264 e. The molecule has 37 heavy (non-hydrogen) atoms. The van der Waals surface area contributed by atoms with Gasteiger partial charge >= 0.3 is 0 Å². The molecule has 1 amide bonds. The number of ether oxygens (including phenoxy) is 1. The van der Waals surface area contributed by atoms with E-state index in [2.05, 4.69) is 19.2 Å². The lowest BCUT2D eigenvalue weighted by molar-refractivity contribution is -0.121. The van der Waals surface area contributed by atoms with Crippen LogP contribution in [0, 0.1) is 6.92 Å². The molecular weight excluding hydrogens is 484 g/mol. The first-order chi connectivity index (χ1) is 17.7. The molecule has 0 bridgehead atoms. The van der Waals surface area contributed by atoms with E-state index in [-0.39, 0.29) is 29.0 Å². The number of anilines is 1. The Bertz CT molecular complexity index is 1350. The summed E-state index contributed by atoms with van der Waals surface area (Å²) < 4.78 is 35.3. The second-order valence-electron chi connectivity index (χ2n) is 9.66. The maximum absolute atomic E-state index is 13.9. The van der Waals surface area contributed by atoms with Crippen LogP contribution in [0.1, 0.15) is 62.8 Å². The Morgan fingerprint density at radius 1 is 0.973 bits per heavy atom. The molecule has 0 unspecified atom stereocenters. The molecule has 0 saturated carbocycles. The van der Waals surface area contributed by atoms with Gasteiger partial charge in [-0.15, -0.1) is 0 Å². The van der Waals surface area contributed by atoms with Crippen LogP contribution in [0.25, 0.3) is 0 Å². The Hall–Kier alpha value is -3.32. The van der Waals surface area contributed by atoms with E-state index in [0.717, 1.165) is 35.3 Å². The van der Waals surface area contributed by atoms with E-state index < -0.39 is 10.0 Å². The number of nitrogens with zero attached hydrogens (tertiary/aromatic N) is 1. The Morgan fingerprint density at radius 2 is 1.62 bits per heavy atom. The summed E-state index contributed by atoms with van der Waals surface area (Å²) in [6.07, 6.45) is 2.88. The molecule has 1 aliphatic rings. The average molecular weight is 521 g/mol. The molecule has 0 radical (unpaired) electrons. The van der Waals surface area contributed by atoms with E-state index in [4.69, 9.17) is 4.74 Å². The third-order valence-electron chi connectivity index (χ3n) is 7.36. The highest BCUT2D eigenvalue weighted by Gasteiger charge is 2.39. The van der Waals surface area contributed by atoms with Gasteiger partial charge in [-0.1, -0.05) is 74.9 Å². The lowest BCUT2D eigenvalue weighted by Gasteiger charge is -2.41. The number of para-hydroxylation sites is 2. The van der Waals surface area contributed by atoms with E-state index in [1.54, 1.807) is 36.4 Å². The first-order valence-electron chi connectivity index (χ1n) is 13.0. The molecule has 0 fully saturated rings. The van der Waals surface area contributed by atoms with Crippen molar-refractivity contribution in [2.45, 2.75) is 69.9 Å². The van der Waals surface area contributed by atoms with Crippen LogP contribution in [0.5, 0.6) is 5.75 Å². The largest absolute Gasteiger partial charge is 0.487 e. The van der Waals surface area contributed by atoms with Crippen molar-refractivity contribution in [2.24, 2.45) is 0 Å². The summed E-state index contributed by atoms with van der Waals surface area (Å²) in [6.45, 7) is 7.75. The summed E-state index contributed by atoms with van der Waals surface area (Å²) in [7, 11) is -3.98. The van der Waals surface area contributed by atoms with Crippen molar-refractivity contribution in [3.63, 3.8) is 0 Å². The first-order valence-corrected chi connectivity index (χ1v) is 14.4. The normalized spacial score (nSPS) is 16.4. The van der Waals surface area contributed by atoms with Crippen molar-refractivity contribution >= 4 is 21.6 Å². The van der Waals surface area contributed by atoms with Crippen LogP contribution >= 0.6 is 0 Å². The van der Waals surface area contributed by atoms with Crippen LogP contribution in [0.3, 0.4) is 0 Å². The Morgan fingerprint density at radius 3 is 2.30 bits per heavy atom. The van der Waals surface area contributed by atoms with E-state index in [1.165, 1.54) is 4.31 Å². The minimum atomic E-state index is -3.98. The van der Waals surface area contributed by atoms with Gasteiger partial charge in [0.15, 0.2) is 0 Å². The molecule has 0 aliphatic carbocycles. The van der Waals surface area contributed by atoms with Crippen molar-refractivity contribution in [3.8, 4) is 5.75 Å². The van der Waals surface area contributed by atoms with Crippen molar-refractivity contribution in [1.82, 2.24) is 5.32 Å². The van der Waals surface area contributed by atoms with Gasteiger partial charge in [0, 0.05) is 12.0 Å². The molecule has 3 aromatic rings. The molecule has 0 aromatic heterocycles. The number of carbonyl (C=O) groups excluding carboxylic acids is 1. The minimum absolute atomic E-state index is 0.157. The second-order valence-corrected chi connectivity index (χ2v) is 11.5. The highest BCUT2D eigenvalue weighted by atomic mass is 32.2. The summed E-state index contributed by atoms with van der Waals surface area (Å²) >= 11 is 0. The predicted octanol–water partition coefficient (Wildman–Crippen LogP) is 5.95. The van der Waals surface area contributed by atoms with E-state index in [0.29, 0.717) is 18.5 Å². The molecule has 1 N–H and O–H groups in total. The van der Waals surface area contributed by atoms with Gasteiger partial charge in [0.2, 0.25) is 5.91 Å². The number of hydrogen-bond acceptors (Lipinski definition) is 4. The van der Waals surface area contributed by atoms with Crippen molar-refractivity contribution in [2.75, 3.05) is 10.8 Å². The summed E-state index contributed by atoms with van der Waals surface area (Å²) in [5.74, 6) is 0.410. The number of hydrogen-bond donors (Lipinski definition) is 1. The summed E-state index contributed by atoms with van der Waals surface area (Å²) in [4.78, 5) is 13.7. The Labute approximate surface area is 220 Å². The van der Waals surface area contributed by atoms with E-state index in [1.807, 2.05) is 50.2 Å². The SMILES string of the molecule is CCc1ccccc1N(CC(=O)N[C@H]1CC(CC)(CC)Oc2ccccc21)S(=O)(=O)c1ccc(C)cc1. The van der Waals surface area contributed by atoms with Crippen LogP contribution in [0.2, 0.25) is 0 Å². The third kappa shape index (κ3) is 5.52. The molecule has 1 aliphatic heterocycles. The molecule has 4 rings (SSSR count). The fraction of sp³-hybridized carbons (Fsp3) is 0.367. The van der Waals surface area contributed by atoms with Gasteiger partial charge in [0.05, 0.1) is 16.6 Å². The lowest BCUT2D eigenvalue weighted by Crippen LogP contribution is -2.47. The number of aryl methyl sites for hydroxylation is 2. The molecule has 3 aromatic carbocycles. The van der Waals surface area contributed by atoms with Crippen molar-refractivity contribution in [1.29, 1.82) is 0 Å². The third-order valence-corrected chi connectivity index (χ3v) is 9.13. The number of fused-ring (bicyclic) bond motifs is 1. The predicted molar refractivity (Wildman–Crippen MR) is 147 cm³/mol. The molecule has 1 atom stereocenters. The zero-order chi connectivity index (χ0) is 26.6. The van der Waals surface area contributed by atoms with Crippen LogP contribution in [-0.4, -0.2) is 26.5 Å². The number of carbonyl (C=O) groups is 1. The topological polar surface area (TPSA) is 75.7 Å². The standard InChI is InChI=1S/C30H36N2O4S/c1-5-23-12-8-10-14-27(23)32(37(34,35)24-18-16-22(4)17-19-24)21-29(33)31-26-20-30(6-2,7-3)36-28-15-11-9-13-25(26)28/h8-19,26H,5-7,20-21H2,1-4H3,(H,31,33)/t26-/m0/s1. The molecule has 0 spiro atoms. The fourth-order valence-corrected chi connectivity index (χ4v) is 6.45. The van der Waals surface area contributed by atoms with Gasteiger partial charge in [0.1, 0.15) is 17.9 Å². The molecular formula is C30H36N2O4S. The molecule has 7 heteroatoms. The maximum atomic E-state index is 13.9. The lowest BCUT2D eigenvalue weighted by atomic mass is 9.83. The molecule has 6 nitrogen and oxygen atoms in total. The fourth-order valence-electron chi connectivity index (χ4n) is 4.99. The number of sulfonamides is 1. The zero-order valence-corrected chi connectivity index (χ0v) is 22.8. The van der Waals surface area contributed by atoms with Crippen molar-refractivity contribution in [3.05, 3.63) is 89.5 Å². The average Bonchev–Trinajstić information content (AvgIpc) is 2.91. The van der Waals surface area contributed by atoms with E-state index >= 15 is 0 Å². The molecule has 0 saturated heterocycles. The second kappa shape index (κ2) is 11.0. The highest BCUT2D eigenvalue weighted by Crippen LogP contribution is 2.42. The van der Waals surface area contributed by atoms with Gasteiger partial charge in [-0.25, -0.2) is 8.42 Å². The van der Waals surface area contributed by atoms with Gasteiger partial charge in [-0.3, -0.25) is 9.10 Å². The van der Waals surface area contributed by atoms with Gasteiger partial charge in [0.25, 0.3) is 10.0 Å². The monoisotopic (exact) mass is 520 g/mol. The van der Waals surface area contributed by atoms with Crippen LogP contribution in [-0.2, 0) is 21.2 Å². The zero-order valence-electron chi connectivity index (χ0n) is 22.0. The number of rotatable bonds is 9. The number of amides is 1. The van der Waals surface area contributed by atoms with Crippen LogP contribution in [0.15, 0.2) is 77.7 Å². The van der Waals surface area contributed by atoms with Gasteiger partial charge in [-0.05, 0) is 56.0 Å². The smallest absolute Gasteiger partial charge is 0.264 e. The first kappa shape index (κ1) is 26.7. The molecule has 1 heterocycles. The Balaban J connectivity index is 1.68. The van der Waals surface area contributed by atoms with Crippen LogP contribution < -0.4 is 14.4 Å². The van der Waals surface area contributed by atoms with Gasteiger partial charge in [-0.2, -0.15) is 0 Å². The van der Waals surface area contributed by atoms with Crippen molar-refractivity contribution < 1.29 is 17.9 Å². The number of nitrogens with one attached hydrogen (secondary N) is 1. The number of benzene rings is 3. The van der Waals surface area contributed by atoms with Crippen LogP contribution in [0.4, 0.5) is 5.69 Å². The van der Waals surface area contributed by atoms with E-state index in [9.17, 15) is 13.2 Å². The summed E-state index contributed by atoms with van der Waals surface area (Å²) in [5, 5.41) is 3.14. The quantitative estimate of drug-likeness (QED) is 0.378.